The Balaban J connectivity index is 1.38. The Kier molecular flexibility index (Phi) is 5.46. The molecule has 1 aromatic carbocycles. The molecule has 0 N–H and O–H groups in total. The minimum absolute atomic E-state index is 0.00922. The second-order valence-corrected chi connectivity index (χ2v) is 8.41. The van der Waals surface area contributed by atoms with Crippen molar-refractivity contribution < 1.29 is 9.53 Å². The van der Waals surface area contributed by atoms with Gasteiger partial charge in [0.25, 0.3) is 5.91 Å². The van der Waals surface area contributed by atoms with Crippen LogP contribution in [-0.4, -0.2) is 68.1 Å². The molecule has 0 spiro atoms. The number of amides is 1. The number of rotatable bonds is 3. The standard InChI is InChI=1S/C23H27N7O2/c1-16-5-6-20(30-25-8-9-26-30)19(14-16)22(31)29-12-11-28(10-7-17(29)2)23-24-15-18-4-3-13-32-21(18)27-23/h5-6,8-9,14-15,17H,3-4,7,10-13H2,1-2H3/t17-/m1/s1. The summed E-state index contributed by atoms with van der Waals surface area (Å²) in [5.74, 6) is 1.36. The van der Waals surface area contributed by atoms with Crippen LogP contribution in [0.15, 0.2) is 36.8 Å². The molecule has 2 aliphatic rings. The predicted octanol–water partition coefficient (Wildman–Crippen LogP) is 2.43. The van der Waals surface area contributed by atoms with E-state index < -0.39 is 0 Å². The number of fused-ring (bicyclic) bond motifs is 1. The fourth-order valence-electron chi connectivity index (χ4n) is 4.31. The highest BCUT2D eigenvalue weighted by atomic mass is 16.5. The van der Waals surface area contributed by atoms with E-state index in [2.05, 4.69) is 32.0 Å². The Morgan fingerprint density at radius 2 is 2.00 bits per heavy atom. The first-order chi connectivity index (χ1) is 15.6. The summed E-state index contributed by atoms with van der Waals surface area (Å²) in [5.41, 5.74) is 3.39. The quantitative estimate of drug-likeness (QED) is 0.627. The third-order valence-corrected chi connectivity index (χ3v) is 6.16. The van der Waals surface area contributed by atoms with Gasteiger partial charge >= 0.3 is 0 Å². The molecule has 32 heavy (non-hydrogen) atoms. The highest BCUT2D eigenvalue weighted by Crippen LogP contribution is 2.26. The molecule has 0 saturated carbocycles. The van der Waals surface area contributed by atoms with Crippen LogP contribution in [0, 0.1) is 6.92 Å². The van der Waals surface area contributed by atoms with Crippen molar-refractivity contribution in [2.45, 2.75) is 39.2 Å². The Hall–Kier alpha value is -3.49. The van der Waals surface area contributed by atoms with Gasteiger partial charge in [0.05, 0.1) is 30.3 Å². The maximum atomic E-state index is 13.7. The summed E-state index contributed by atoms with van der Waals surface area (Å²) in [7, 11) is 0. The van der Waals surface area contributed by atoms with Gasteiger partial charge in [-0.3, -0.25) is 4.79 Å². The number of carbonyl (C=O) groups excluding carboxylic acids is 1. The van der Waals surface area contributed by atoms with Crippen LogP contribution in [-0.2, 0) is 6.42 Å². The zero-order chi connectivity index (χ0) is 22.1. The second kappa shape index (κ2) is 8.57. The fourth-order valence-corrected chi connectivity index (χ4v) is 4.31. The summed E-state index contributed by atoms with van der Waals surface area (Å²) in [4.78, 5) is 28.5. The van der Waals surface area contributed by atoms with Gasteiger partial charge in [0.1, 0.15) is 0 Å². The lowest BCUT2D eigenvalue weighted by Crippen LogP contribution is -2.40. The van der Waals surface area contributed by atoms with E-state index >= 15 is 0 Å². The van der Waals surface area contributed by atoms with Crippen molar-refractivity contribution in [2.24, 2.45) is 0 Å². The van der Waals surface area contributed by atoms with E-state index in [1.165, 1.54) is 4.80 Å². The molecule has 4 heterocycles. The van der Waals surface area contributed by atoms with Crippen LogP contribution in [0.5, 0.6) is 5.88 Å². The third kappa shape index (κ3) is 3.90. The Morgan fingerprint density at radius 3 is 2.84 bits per heavy atom. The third-order valence-electron chi connectivity index (χ3n) is 6.16. The van der Waals surface area contributed by atoms with Crippen molar-refractivity contribution >= 4 is 11.9 Å². The molecular formula is C23H27N7O2. The Labute approximate surface area is 187 Å². The number of hydrogen-bond donors (Lipinski definition) is 0. The summed E-state index contributed by atoms with van der Waals surface area (Å²) >= 11 is 0. The van der Waals surface area contributed by atoms with Crippen LogP contribution in [0.2, 0.25) is 0 Å². The molecule has 3 aromatic rings. The maximum Gasteiger partial charge on any atom is 0.256 e. The van der Waals surface area contributed by atoms with Gasteiger partial charge in [0.15, 0.2) is 0 Å². The first kappa shape index (κ1) is 20.4. The second-order valence-electron chi connectivity index (χ2n) is 8.41. The molecule has 9 nitrogen and oxygen atoms in total. The molecule has 5 rings (SSSR count). The normalized spacial score (nSPS) is 18.6. The molecule has 0 radical (unpaired) electrons. The van der Waals surface area contributed by atoms with E-state index in [0.717, 1.165) is 36.9 Å². The lowest BCUT2D eigenvalue weighted by Gasteiger charge is -2.27. The number of aryl methyl sites for hydroxylation is 2. The van der Waals surface area contributed by atoms with Gasteiger partial charge in [-0.2, -0.15) is 20.0 Å². The van der Waals surface area contributed by atoms with Crippen LogP contribution in [0.1, 0.15) is 41.3 Å². The first-order valence-corrected chi connectivity index (χ1v) is 11.1. The fraction of sp³-hybridized carbons (Fsp3) is 0.435. The van der Waals surface area contributed by atoms with Crippen molar-refractivity contribution in [1.82, 2.24) is 29.9 Å². The molecule has 2 aliphatic heterocycles. The summed E-state index contributed by atoms with van der Waals surface area (Å²) in [6.07, 6.45) is 7.89. The van der Waals surface area contributed by atoms with E-state index in [4.69, 9.17) is 4.74 Å². The Morgan fingerprint density at radius 1 is 1.16 bits per heavy atom. The maximum absolute atomic E-state index is 13.7. The minimum atomic E-state index is -0.00922. The van der Waals surface area contributed by atoms with Gasteiger partial charge in [-0.25, -0.2) is 4.98 Å². The van der Waals surface area contributed by atoms with E-state index in [1.54, 1.807) is 12.4 Å². The number of ether oxygens (including phenoxy) is 1. The van der Waals surface area contributed by atoms with Crippen molar-refractivity contribution in [3.8, 4) is 11.6 Å². The summed E-state index contributed by atoms with van der Waals surface area (Å²) in [6, 6.07) is 5.87. The number of nitrogens with zero attached hydrogens (tertiary/aromatic N) is 7. The van der Waals surface area contributed by atoms with Crippen LogP contribution < -0.4 is 9.64 Å². The van der Waals surface area contributed by atoms with E-state index in [9.17, 15) is 4.79 Å². The zero-order valence-electron chi connectivity index (χ0n) is 18.4. The predicted molar refractivity (Wildman–Crippen MR) is 119 cm³/mol. The molecule has 1 amide bonds. The summed E-state index contributed by atoms with van der Waals surface area (Å²) in [5, 5.41) is 8.45. The van der Waals surface area contributed by atoms with E-state index in [-0.39, 0.29) is 11.9 Å². The molecule has 9 heteroatoms. The lowest BCUT2D eigenvalue weighted by atomic mass is 10.1. The van der Waals surface area contributed by atoms with Crippen LogP contribution in [0.4, 0.5) is 5.95 Å². The molecule has 0 unspecified atom stereocenters. The molecule has 2 aromatic heterocycles. The topological polar surface area (TPSA) is 89.3 Å². The van der Waals surface area contributed by atoms with Gasteiger partial charge < -0.3 is 14.5 Å². The first-order valence-electron chi connectivity index (χ1n) is 11.1. The molecule has 0 aliphatic carbocycles. The van der Waals surface area contributed by atoms with Gasteiger partial charge in [-0.15, -0.1) is 0 Å². The van der Waals surface area contributed by atoms with Crippen molar-refractivity contribution in [3.05, 3.63) is 53.5 Å². The lowest BCUT2D eigenvalue weighted by molar-refractivity contribution is 0.0704. The number of benzene rings is 1. The van der Waals surface area contributed by atoms with Gasteiger partial charge in [0.2, 0.25) is 11.8 Å². The Bertz CT molecular complexity index is 1120. The van der Waals surface area contributed by atoms with Crippen LogP contribution in [0.25, 0.3) is 5.69 Å². The van der Waals surface area contributed by atoms with Crippen molar-refractivity contribution in [3.63, 3.8) is 0 Å². The van der Waals surface area contributed by atoms with Crippen LogP contribution in [0.3, 0.4) is 0 Å². The monoisotopic (exact) mass is 433 g/mol. The van der Waals surface area contributed by atoms with Crippen molar-refractivity contribution in [2.75, 3.05) is 31.1 Å². The van der Waals surface area contributed by atoms with E-state index in [0.29, 0.717) is 42.8 Å². The molecule has 1 fully saturated rings. The largest absolute Gasteiger partial charge is 0.477 e. The summed E-state index contributed by atoms with van der Waals surface area (Å²) in [6.45, 7) is 6.81. The number of aromatic nitrogens is 5. The average Bonchev–Trinajstić information content (AvgIpc) is 3.28. The molecule has 1 atom stereocenters. The average molecular weight is 434 g/mol. The smallest absolute Gasteiger partial charge is 0.256 e. The van der Waals surface area contributed by atoms with Crippen molar-refractivity contribution in [1.29, 1.82) is 0 Å². The van der Waals surface area contributed by atoms with Crippen LogP contribution >= 0.6 is 0 Å². The highest BCUT2D eigenvalue weighted by molar-refractivity contribution is 5.98. The number of carbonyl (C=O) groups is 1. The summed E-state index contributed by atoms with van der Waals surface area (Å²) < 4.78 is 5.73. The SMILES string of the molecule is Cc1ccc(-n2nccn2)c(C(=O)N2CCN(c3ncc4c(n3)OCCC4)CC[C@H]2C)c1. The van der Waals surface area contributed by atoms with E-state index in [1.807, 2.05) is 36.2 Å². The van der Waals surface area contributed by atoms with Gasteiger partial charge in [0, 0.05) is 37.4 Å². The minimum Gasteiger partial charge on any atom is -0.477 e. The number of anilines is 1. The molecular weight excluding hydrogens is 406 g/mol. The molecule has 166 valence electrons. The molecule has 0 bridgehead atoms. The zero-order valence-corrected chi connectivity index (χ0v) is 18.4. The molecule has 1 saturated heterocycles. The number of hydrogen-bond acceptors (Lipinski definition) is 7. The van der Waals surface area contributed by atoms with Gasteiger partial charge in [-0.05, 0) is 45.2 Å². The van der Waals surface area contributed by atoms with Gasteiger partial charge in [-0.1, -0.05) is 11.6 Å². The highest BCUT2D eigenvalue weighted by Gasteiger charge is 2.29.